The van der Waals surface area contributed by atoms with Gasteiger partial charge < -0.3 is 34.4 Å². The summed E-state index contributed by atoms with van der Waals surface area (Å²) in [6.45, 7) is -4.01. The smallest absolute Gasteiger partial charge is 0.492 e. The molecular formula is C51H55F6N7O11S2. The van der Waals surface area contributed by atoms with Crippen LogP contribution in [0.15, 0.2) is 126 Å². The van der Waals surface area contributed by atoms with Crippen LogP contribution >= 0.6 is 12.2 Å². The molecule has 2 N–H and O–H groups in total. The number of aliphatic hydroxyl groups is 1. The molecule has 3 atom stereocenters. The molecular weight excluding hydrogens is 1060 g/mol. The number of halogens is 6. The van der Waals surface area contributed by atoms with Crippen LogP contribution in [0.5, 0.6) is 11.5 Å². The summed E-state index contributed by atoms with van der Waals surface area (Å²) in [6.07, 6.45) is -0.0923. The zero-order valence-electron chi connectivity index (χ0n) is 41.0. The van der Waals surface area contributed by atoms with Crippen LogP contribution in [0, 0.1) is 0 Å². The van der Waals surface area contributed by atoms with Crippen LogP contribution in [0.2, 0.25) is 0 Å². The van der Waals surface area contributed by atoms with Crippen LogP contribution in [-0.4, -0.2) is 129 Å². The molecule has 414 valence electrons. The highest BCUT2D eigenvalue weighted by molar-refractivity contribution is 7.93. The summed E-state index contributed by atoms with van der Waals surface area (Å²) >= 11 is -0.549. The van der Waals surface area contributed by atoms with Crippen molar-refractivity contribution in [2.75, 3.05) is 76.2 Å². The number of nitrogens with zero attached hydrogens (tertiary/aromatic N) is 6. The maximum absolute atomic E-state index is 14.0. The second-order valence-electron chi connectivity index (χ2n) is 17.3. The summed E-state index contributed by atoms with van der Waals surface area (Å²) in [5.41, 5.74) is -1.05. The minimum atomic E-state index is -6.61. The van der Waals surface area contributed by atoms with Crippen molar-refractivity contribution < 1.29 is 72.9 Å². The van der Waals surface area contributed by atoms with Crippen molar-refractivity contribution in [1.29, 1.82) is 0 Å². The van der Waals surface area contributed by atoms with Crippen molar-refractivity contribution >= 4 is 62.4 Å². The molecule has 5 heterocycles. The Balaban J connectivity index is 0.00000961. The Bertz CT molecular complexity index is 3050. The number of aromatic nitrogens is 2. The zero-order valence-corrected chi connectivity index (χ0v) is 42.7. The number of hydrogen-bond donors (Lipinski definition) is 2. The van der Waals surface area contributed by atoms with Gasteiger partial charge in [0.1, 0.15) is 36.8 Å². The SMILES string of the molecule is C.CN(C)c1ccc(/C2=C\C(Nc3ccn([C@H]4CCC(CO)O4)c(=O)n3)/C=C(\c3ccc(N(C)C)cc3)c3ccc(cc3)OCCN(S(=O)(=O)C(F)(F)F)C(=O)C(=O)N(SOOC(F)(F)F)CCOc3ccc2cc3)cc1. The van der Waals surface area contributed by atoms with E-state index in [-0.39, 0.29) is 35.7 Å². The third-order valence-electron chi connectivity index (χ3n) is 11.7. The first kappa shape index (κ1) is 59.1. The van der Waals surface area contributed by atoms with Gasteiger partial charge in [-0.1, -0.05) is 56.0 Å². The third kappa shape index (κ3) is 15.1. The van der Waals surface area contributed by atoms with Crippen LogP contribution in [-0.2, 0) is 33.6 Å². The number of ether oxygens (including phenoxy) is 3. The first-order chi connectivity index (χ1) is 36.0. The van der Waals surface area contributed by atoms with Crippen molar-refractivity contribution in [3.63, 3.8) is 0 Å². The van der Waals surface area contributed by atoms with Crippen molar-refractivity contribution in [3.05, 3.63) is 154 Å². The van der Waals surface area contributed by atoms with E-state index in [2.05, 4.69) is 19.5 Å². The molecule has 77 heavy (non-hydrogen) atoms. The van der Waals surface area contributed by atoms with E-state index < -0.39 is 101 Å². The van der Waals surface area contributed by atoms with Gasteiger partial charge in [0.05, 0.1) is 31.8 Å². The van der Waals surface area contributed by atoms with Gasteiger partial charge in [-0.05, 0) is 113 Å². The maximum Gasteiger partial charge on any atom is 0.550 e. The molecule has 4 aromatic carbocycles. The van der Waals surface area contributed by atoms with Gasteiger partial charge in [0.2, 0.25) is 0 Å². The number of carbonyl (C=O) groups excluding carboxylic acids is 2. The van der Waals surface area contributed by atoms with Gasteiger partial charge in [0.15, 0.2) is 12.2 Å². The largest absolute Gasteiger partial charge is 0.550 e. The predicted molar refractivity (Wildman–Crippen MR) is 277 cm³/mol. The number of alkyl halides is 6. The Morgan fingerprint density at radius 3 is 1.62 bits per heavy atom. The van der Waals surface area contributed by atoms with Gasteiger partial charge in [-0.3, -0.25) is 14.2 Å². The molecule has 5 aromatic rings. The highest BCUT2D eigenvalue weighted by Crippen LogP contribution is 2.34. The first-order valence-electron chi connectivity index (χ1n) is 23.1. The molecule has 0 aliphatic carbocycles. The zero-order chi connectivity index (χ0) is 55.0. The highest BCUT2D eigenvalue weighted by Gasteiger charge is 2.53. The monoisotopic (exact) mass is 1120 g/mol. The molecule has 4 aliphatic rings. The Morgan fingerprint density at radius 1 is 0.714 bits per heavy atom. The number of benzene rings is 4. The number of hydrogen-bond acceptors (Lipinski definition) is 16. The third-order valence-corrected chi connectivity index (χ3v) is 13.9. The molecule has 1 fully saturated rings. The summed E-state index contributed by atoms with van der Waals surface area (Å²) in [7, 11) is 0.933. The average molecular weight is 1120 g/mol. The summed E-state index contributed by atoms with van der Waals surface area (Å²) in [4.78, 5) is 52.0. The molecule has 2 unspecified atom stereocenters. The summed E-state index contributed by atoms with van der Waals surface area (Å²) in [5, 5.41) is 13.1. The van der Waals surface area contributed by atoms with E-state index in [9.17, 15) is 54.3 Å². The summed E-state index contributed by atoms with van der Waals surface area (Å²) in [5.74, 6) is -4.07. The van der Waals surface area contributed by atoms with Gasteiger partial charge in [-0.2, -0.15) is 26.6 Å². The molecule has 9 rings (SSSR count). The lowest BCUT2D eigenvalue weighted by molar-refractivity contribution is -0.440. The van der Waals surface area contributed by atoms with Gasteiger partial charge >= 0.3 is 39.4 Å². The van der Waals surface area contributed by atoms with E-state index in [0.717, 1.165) is 16.9 Å². The number of anilines is 3. The molecule has 4 bridgehead atoms. The summed E-state index contributed by atoms with van der Waals surface area (Å²) in [6, 6.07) is 28.6. The molecule has 0 radical (unpaired) electrons. The number of amides is 2. The molecule has 1 saturated heterocycles. The van der Waals surface area contributed by atoms with E-state index in [1.165, 1.54) is 28.8 Å². The van der Waals surface area contributed by atoms with Gasteiger partial charge in [-0.15, -0.1) is 22.4 Å². The summed E-state index contributed by atoms with van der Waals surface area (Å²) < 4.78 is 128. The molecule has 2 amide bonds. The standard InChI is InChI=1S/C50H51F6N7O11S2.CH4/c1-59(2)37-13-5-32(6-14-37)42-29-36(57-44-23-24-61(48(67)58-44)45-22-21-41(31-64)72-45)30-43(33-7-15-38(16-8-33)60(3)4)35-11-19-40(20-12-35)71-28-26-63(76(68,69)50(54,55)56)47(66)46(65)62(75-74-73-49(51,52)53)25-27-70-39-17-9-34(42)10-18-39;/h5-20,23-24,29-30,36,41,45,64H,21-22,25-28,31H2,1-4H3,(H,57,58,67);1H4/b42-29+,43-30+;/t36?,41?,45-;/m1./s1. The fraction of sp³-hybridized carbons (Fsp3) is 0.333. The topological polar surface area (TPSA) is 195 Å². The Morgan fingerprint density at radius 2 is 1.19 bits per heavy atom. The van der Waals surface area contributed by atoms with E-state index in [4.69, 9.17) is 14.2 Å². The Hall–Kier alpha value is -7.10. The van der Waals surface area contributed by atoms with Crippen LogP contribution in [0.25, 0.3) is 11.1 Å². The fourth-order valence-electron chi connectivity index (χ4n) is 7.88. The van der Waals surface area contributed by atoms with Crippen molar-refractivity contribution in [2.24, 2.45) is 0 Å². The molecule has 26 heteroatoms. The minimum Gasteiger partial charge on any atom is -0.492 e. The molecule has 0 saturated carbocycles. The highest BCUT2D eigenvalue weighted by atomic mass is 32.2. The number of sulfonamides is 1. The normalized spacial score (nSPS) is 19.5. The lowest BCUT2D eigenvalue weighted by Gasteiger charge is -2.26. The van der Waals surface area contributed by atoms with E-state index in [1.54, 1.807) is 36.5 Å². The molecule has 18 nitrogen and oxygen atoms in total. The lowest BCUT2D eigenvalue weighted by atomic mass is 9.92. The number of aliphatic hydroxyl groups excluding tert-OH is 1. The molecule has 0 spiro atoms. The van der Waals surface area contributed by atoms with Crippen molar-refractivity contribution in [1.82, 2.24) is 18.2 Å². The van der Waals surface area contributed by atoms with Gasteiger partial charge in [0.25, 0.3) is 0 Å². The Kier molecular flexibility index (Phi) is 19.5. The average Bonchev–Trinajstić information content (AvgIpc) is 3.87. The molecule has 1 aromatic heterocycles. The number of rotatable bonds is 12. The lowest BCUT2D eigenvalue weighted by Crippen LogP contribution is -2.51. The van der Waals surface area contributed by atoms with E-state index >= 15 is 0 Å². The fourth-order valence-corrected chi connectivity index (χ4v) is 9.22. The van der Waals surface area contributed by atoms with Crippen LogP contribution in [0.4, 0.5) is 43.5 Å². The van der Waals surface area contributed by atoms with Crippen LogP contribution in [0.1, 0.15) is 48.8 Å². The maximum atomic E-state index is 14.0. The minimum absolute atomic E-state index is 0. The van der Waals surface area contributed by atoms with Crippen molar-refractivity contribution in [2.45, 2.75) is 50.5 Å². The Labute approximate surface area is 444 Å². The van der Waals surface area contributed by atoms with E-state index in [0.29, 0.717) is 40.7 Å². The second-order valence-corrected chi connectivity index (χ2v) is 19.9. The van der Waals surface area contributed by atoms with Crippen LogP contribution < -0.4 is 30.3 Å². The quantitative estimate of drug-likeness (QED) is 0.0304. The van der Waals surface area contributed by atoms with Gasteiger partial charge in [0, 0.05) is 45.8 Å². The molecule has 4 aliphatic heterocycles. The first-order valence-corrected chi connectivity index (χ1v) is 25.3. The number of nitrogens with one attached hydrogen (secondary N) is 1. The van der Waals surface area contributed by atoms with Crippen LogP contribution in [0.3, 0.4) is 0 Å². The predicted octanol–water partition coefficient (Wildman–Crippen LogP) is 8.03. The van der Waals surface area contributed by atoms with E-state index in [1.807, 2.05) is 98.7 Å². The number of fused-ring (bicyclic) bond motifs is 2. The van der Waals surface area contributed by atoms with Gasteiger partial charge in [-0.25, -0.2) is 13.4 Å². The second kappa shape index (κ2) is 25.4. The van der Waals surface area contributed by atoms with Crippen molar-refractivity contribution in [3.8, 4) is 11.5 Å². The number of carbonyl (C=O) groups is 2.